The fourth-order valence-corrected chi connectivity index (χ4v) is 1.75. The maximum Gasteiger partial charge on any atom is 0.128 e. The van der Waals surface area contributed by atoms with Crippen molar-refractivity contribution < 1.29 is 4.42 Å². The van der Waals surface area contributed by atoms with E-state index in [0.717, 1.165) is 15.8 Å². The Hall–Kier alpha value is -1.79. The lowest BCUT2D eigenvalue weighted by Gasteiger charge is -1.98. The van der Waals surface area contributed by atoms with E-state index < -0.39 is 0 Å². The van der Waals surface area contributed by atoms with Gasteiger partial charge in [0.2, 0.25) is 0 Å². The summed E-state index contributed by atoms with van der Waals surface area (Å²) in [5.41, 5.74) is 1.47. The first-order valence-corrected chi connectivity index (χ1v) is 5.92. The van der Waals surface area contributed by atoms with Gasteiger partial charge in [-0.1, -0.05) is 28.1 Å². The van der Waals surface area contributed by atoms with Crippen LogP contribution in [-0.2, 0) is 0 Å². The second kappa shape index (κ2) is 5.03. The lowest BCUT2D eigenvalue weighted by Crippen LogP contribution is -1.80. The normalized spacial score (nSPS) is 11.2. The van der Waals surface area contributed by atoms with Crippen LogP contribution in [0.1, 0.15) is 17.1 Å². The van der Waals surface area contributed by atoms with Crippen LogP contribution >= 0.6 is 15.9 Å². The Kier molecular flexibility index (Phi) is 3.46. The smallest absolute Gasteiger partial charge is 0.128 e. The van der Waals surface area contributed by atoms with Gasteiger partial charge in [0.05, 0.1) is 11.6 Å². The van der Waals surface area contributed by atoms with E-state index in [1.165, 1.54) is 0 Å². The highest BCUT2D eigenvalue weighted by atomic mass is 79.9. The van der Waals surface area contributed by atoms with Crippen molar-refractivity contribution in [1.29, 1.82) is 5.26 Å². The third kappa shape index (κ3) is 2.86. The van der Waals surface area contributed by atoms with Crippen LogP contribution < -0.4 is 0 Å². The van der Waals surface area contributed by atoms with Gasteiger partial charge in [-0.2, -0.15) is 5.26 Å². The van der Waals surface area contributed by atoms with Gasteiger partial charge in [-0.3, -0.25) is 0 Å². The lowest BCUT2D eigenvalue weighted by molar-refractivity contribution is 0.525. The molecule has 0 bridgehead atoms. The van der Waals surface area contributed by atoms with E-state index >= 15 is 0 Å². The minimum absolute atomic E-state index is 0.590. The molecular weight excluding hydrogens is 278 g/mol. The molecule has 0 radical (unpaired) electrons. The predicted octanol–water partition coefficient (Wildman–Crippen LogP) is 4.41. The molecule has 1 heterocycles. The lowest BCUT2D eigenvalue weighted by atomic mass is 10.1. The maximum atomic E-state index is 9.15. The molecule has 0 saturated heterocycles. The van der Waals surface area contributed by atoms with E-state index in [-0.39, 0.29) is 0 Å². The second-order valence-electron chi connectivity index (χ2n) is 3.63. The van der Waals surface area contributed by atoms with Gasteiger partial charge >= 0.3 is 0 Å². The summed E-state index contributed by atoms with van der Waals surface area (Å²) in [7, 11) is 0. The van der Waals surface area contributed by atoms with Gasteiger partial charge in [-0.05, 0) is 42.8 Å². The molecule has 0 aliphatic rings. The number of benzene rings is 1. The molecule has 2 nitrogen and oxygen atoms in total. The Labute approximate surface area is 108 Å². The molecule has 0 N–H and O–H groups in total. The number of nitriles is 1. The van der Waals surface area contributed by atoms with Crippen molar-refractivity contribution in [3.63, 3.8) is 0 Å². The average Bonchev–Trinajstić information content (AvgIpc) is 2.73. The van der Waals surface area contributed by atoms with E-state index in [0.29, 0.717) is 11.3 Å². The van der Waals surface area contributed by atoms with Crippen molar-refractivity contribution in [3.05, 3.63) is 58.0 Å². The molecule has 17 heavy (non-hydrogen) atoms. The van der Waals surface area contributed by atoms with Crippen molar-refractivity contribution >= 4 is 27.6 Å². The number of nitrogens with zero attached hydrogens (tertiary/aromatic N) is 1. The van der Waals surface area contributed by atoms with Crippen LogP contribution in [0.4, 0.5) is 0 Å². The van der Waals surface area contributed by atoms with Crippen LogP contribution in [-0.4, -0.2) is 0 Å². The van der Waals surface area contributed by atoms with Crippen LogP contribution in [0.25, 0.3) is 11.6 Å². The fraction of sp³-hybridized carbons (Fsp3) is 0.0714. The second-order valence-corrected chi connectivity index (χ2v) is 4.54. The summed E-state index contributed by atoms with van der Waals surface area (Å²) >= 11 is 3.37. The first-order valence-electron chi connectivity index (χ1n) is 5.13. The van der Waals surface area contributed by atoms with E-state index in [1.807, 2.05) is 43.3 Å². The van der Waals surface area contributed by atoms with Gasteiger partial charge in [0.15, 0.2) is 0 Å². The number of furan rings is 1. The molecule has 0 fully saturated rings. The van der Waals surface area contributed by atoms with Crippen molar-refractivity contribution in [1.82, 2.24) is 0 Å². The van der Waals surface area contributed by atoms with Gasteiger partial charge in [0, 0.05) is 4.47 Å². The summed E-state index contributed by atoms with van der Waals surface area (Å²) in [6.45, 7) is 1.88. The molecule has 0 unspecified atom stereocenters. The molecule has 0 aliphatic heterocycles. The van der Waals surface area contributed by atoms with Crippen LogP contribution in [0.5, 0.6) is 0 Å². The van der Waals surface area contributed by atoms with Gasteiger partial charge in [-0.15, -0.1) is 0 Å². The quantitative estimate of drug-likeness (QED) is 0.767. The number of aryl methyl sites for hydroxylation is 1. The summed E-state index contributed by atoms with van der Waals surface area (Å²) in [4.78, 5) is 0. The molecular formula is C14H10BrNO. The van der Waals surface area contributed by atoms with E-state index in [2.05, 4.69) is 22.0 Å². The Morgan fingerprint density at radius 2 is 1.94 bits per heavy atom. The van der Waals surface area contributed by atoms with Crippen LogP contribution in [0.15, 0.2) is 45.3 Å². The Bertz CT molecular complexity index is 587. The van der Waals surface area contributed by atoms with Gasteiger partial charge in [-0.25, -0.2) is 0 Å². The van der Waals surface area contributed by atoms with Crippen molar-refractivity contribution in [2.24, 2.45) is 0 Å². The van der Waals surface area contributed by atoms with Crippen LogP contribution in [0.3, 0.4) is 0 Å². The Morgan fingerprint density at radius 3 is 2.47 bits per heavy atom. The van der Waals surface area contributed by atoms with Crippen molar-refractivity contribution in [2.75, 3.05) is 0 Å². The summed E-state index contributed by atoms with van der Waals surface area (Å²) in [5, 5.41) is 9.15. The number of hydrogen-bond donors (Lipinski definition) is 0. The Balaban J connectivity index is 2.37. The van der Waals surface area contributed by atoms with Crippen LogP contribution in [0.2, 0.25) is 0 Å². The number of hydrogen-bond acceptors (Lipinski definition) is 2. The third-order valence-electron chi connectivity index (χ3n) is 2.32. The topological polar surface area (TPSA) is 36.9 Å². The predicted molar refractivity (Wildman–Crippen MR) is 71.1 cm³/mol. The zero-order valence-corrected chi connectivity index (χ0v) is 10.9. The molecule has 0 saturated carbocycles. The molecule has 0 spiro atoms. The fourth-order valence-electron chi connectivity index (χ4n) is 1.48. The molecule has 0 atom stereocenters. The maximum absolute atomic E-state index is 9.15. The largest absolute Gasteiger partial charge is 0.462 e. The molecule has 2 aromatic rings. The molecule has 2 rings (SSSR count). The molecule has 0 amide bonds. The number of rotatable bonds is 2. The summed E-state index contributed by atoms with van der Waals surface area (Å²) in [6.07, 6.45) is 1.75. The van der Waals surface area contributed by atoms with E-state index in [1.54, 1.807) is 6.08 Å². The average molecular weight is 288 g/mol. The molecule has 0 aliphatic carbocycles. The molecule has 3 heteroatoms. The SMILES string of the molecule is Cc1ccc(/C=C(\C#N)c2ccc(Br)cc2)o1. The van der Waals surface area contributed by atoms with Crippen molar-refractivity contribution in [3.8, 4) is 6.07 Å². The molecule has 84 valence electrons. The van der Waals surface area contributed by atoms with Crippen molar-refractivity contribution in [2.45, 2.75) is 6.92 Å². The first kappa shape index (κ1) is 11.7. The minimum atomic E-state index is 0.590. The van der Waals surface area contributed by atoms with E-state index in [9.17, 15) is 0 Å². The zero-order chi connectivity index (χ0) is 12.3. The number of halogens is 1. The minimum Gasteiger partial charge on any atom is -0.462 e. The van der Waals surface area contributed by atoms with Gasteiger partial charge in [0.1, 0.15) is 11.5 Å². The highest BCUT2D eigenvalue weighted by Crippen LogP contribution is 2.20. The summed E-state index contributed by atoms with van der Waals surface area (Å²) in [5.74, 6) is 1.53. The van der Waals surface area contributed by atoms with E-state index in [4.69, 9.17) is 9.68 Å². The van der Waals surface area contributed by atoms with Gasteiger partial charge < -0.3 is 4.42 Å². The molecule has 1 aromatic heterocycles. The highest BCUT2D eigenvalue weighted by molar-refractivity contribution is 9.10. The third-order valence-corrected chi connectivity index (χ3v) is 2.85. The summed E-state index contributed by atoms with van der Waals surface area (Å²) in [6, 6.07) is 13.5. The molecule has 1 aromatic carbocycles. The first-order chi connectivity index (χ1) is 8.19. The number of allylic oxidation sites excluding steroid dienone is 1. The zero-order valence-electron chi connectivity index (χ0n) is 9.27. The highest BCUT2D eigenvalue weighted by Gasteiger charge is 2.02. The Morgan fingerprint density at radius 1 is 1.24 bits per heavy atom. The van der Waals surface area contributed by atoms with Gasteiger partial charge in [0.25, 0.3) is 0 Å². The standard InChI is InChI=1S/C14H10BrNO/c1-10-2-7-14(17-10)8-12(9-16)11-3-5-13(15)6-4-11/h2-8H,1H3/b12-8+. The monoisotopic (exact) mass is 287 g/mol. The van der Waals surface area contributed by atoms with Crippen LogP contribution in [0, 0.1) is 18.3 Å². The summed E-state index contributed by atoms with van der Waals surface area (Å²) < 4.78 is 6.42.